The first-order valence-corrected chi connectivity index (χ1v) is 38.3. The van der Waals surface area contributed by atoms with Gasteiger partial charge in [0.05, 0.1) is 73.3 Å². The fourth-order valence-corrected chi connectivity index (χ4v) is 16.1. The Morgan fingerprint density at radius 3 is 1.10 bits per heavy atom. The normalized spacial score (nSPS) is 20.4. The number of ether oxygens (including phenoxy) is 11. The van der Waals surface area contributed by atoms with E-state index >= 15 is 0 Å². The molecule has 18 rings (SSSR count). The number of ketones is 6. The summed E-state index contributed by atoms with van der Waals surface area (Å²) >= 11 is 36.6. The summed E-state index contributed by atoms with van der Waals surface area (Å²) in [6.45, 7) is 3.74. The molecule has 3 fully saturated rings. The van der Waals surface area contributed by atoms with Crippen LogP contribution < -0.4 is 79.0 Å². The number of benzene rings is 9. The second-order valence-electron chi connectivity index (χ2n) is 27.2. The van der Waals surface area contributed by atoms with E-state index in [1.807, 2.05) is 0 Å². The molecule has 0 bridgehead atoms. The maximum Gasteiger partial charge on any atom is 1.00 e. The van der Waals surface area contributed by atoms with Crippen molar-refractivity contribution in [2.45, 2.75) is 49.0 Å². The molecule has 0 saturated carbocycles. The molecule has 0 radical (unpaired) electrons. The van der Waals surface area contributed by atoms with Crippen LogP contribution >= 0.6 is 69.6 Å². The summed E-state index contributed by atoms with van der Waals surface area (Å²) in [6.07, 6.45) is -1.00. The number of hydrogen-bond donors (Lipinski definition) is 3. The molecule has 34 heteroatoms. The molecule has 3 amide bonds. The Hall–Kier alpha value is -11.0. The molecule has 3 saturated heterocycles. The number of hydrogen-bond acceptors (Lipinski definition) is 24. The number of carbonyl (C=O) groups excluding carboxylic acids is 12. The maximum absolute atomic E-state index is 14.0. The predicted octanol–water partition coefficient (Wildman–Crippen LogP) is 10.6. The molecule has 9 aromatic carbocycles. The van der Waals surface area contributed by atoms with E-state index in [-0.39, 0.29) is 128 Å². The summed E-state index contributed by atoms with van der Waals surface area (Å²) in [5, 5.41) is 22.2. The van der Waals surface area contributed by atoms with Gasteiger partial charge in [-0.1, -0.05) is 161 Å². The van der Waals surface area contributed by atoms with Gasteiger partial charge in [-0.25, -0.2) is 4.79 Å². The van der Waals surface area contributed by atoms with E-state index in [0.29, 0.717) is 78.2 Å². The van der Waals surface area contributed by atoms with Crippen LogP contribution in [0.5, 0.6) is 34.5 Å². The van der Waals surface area contributed by atoms with E-state index in [1.165, 1.54) is 60.7 Å². The van der Waals surface area contributed by atoms with Gasteiger partial charge < -0.3 is 78.0 Å². The Bertz CT molecular complexity index is 5720. The largest absolute Gasteiger partial charge is 1.00 e. The summed E-state index contributed by atoms with van der Waals surface area (Å²) in [5.41, 5.74) is -2.69. The van der Waals surface area contributed by atoms with Gasteiger partial charge in [0.15, 0.2) is 34.5 Å². The fraction of sp³-hybridized carbons (Fsp3) is 0.200. The second kappa shape index (κ2) is 34.4. The van der Waals surface area contributed by atoms with Crippen LogP contribution in [-0.4, -0.2) is 121 Å². The molecule has 6 heterocycles. The molecule has 9 aromatic rings. The Morgan fingerprint density at radius 1 is 0.395 bits per heavy atom. The Morgan fingerprint density at radius 2 is 0.731 bits per heavy atom. The van der Waals surface area contributed by atoms with Gasteiger partial charge in [-0.15, -0.1) is 0 Å². The SMILES string of the molecule is CCOC(=O)/C=C/C(=O)Nc1ccc2c(c1)OCO2.CCOC(=O)[C@H]1[C@H](C(=O)Nc2ccc3c(c2)OCO3)C(c2ccc(Cl)c(Cl)c2)OC12C(=O)c1ccccc1C2=O.O=C(Nc1ccc2c(c1)OCO2)[C@@H]1C(c2ccc(Cl)c(Cl)c2)OC2(C(=O)c3ccccc3C2=O)[C@H]1C(=O)[O-].O=C1c2ccccc2C(=O)C12OC2c1ccc(Cl)c(Cl)c1.[Na+]. The van der Waals surface area contributed by atoms with E-state index in [2.05, 4.69) is 20.7 Å². The third-order valence-electron chi connectivity index (χ3n) is 20.5. The van der Waals surface area contributed by atoms with Crippen LogP contribution in [0, 0.1) is 23.7 Å². The number of halogens is 6. The number of nitrogens with one attached hydrogen (secondary N) is 3. The van der Waals surface area contributed by atoms with Crippen molar-refractivity contribution < 1.29 is 144 Å². The molecule has 0 aromatic heterocycles. The molecule has 3 spiro atoms. The molecule has 600 valence electrons. The van der Waals surface area contributed by atoms with E-state index in [9.17, 15) is 62.6 Å². The number of carboxylic acid groups (broad SMARTS) is 1. The van der Waals surface area contributed by atoms with Crippen LogP contribution in [0.3, 0.4) is 0 Å². The number of epoxide rings is 1. The third kappa shape index (κ3) is 15.5. The number of aliphatic carboxylic acids is 1. The molecule has 3 unspecified atom stereocenters. The van der Waals surface area contributed by atoms with Crippen LogP contribution in [0.4, 0.5) is 17.1 Å². The maximum atomic E-state index is 14.0. The minimum atomic E-state index is -2.50. The van der Waals surface area contributed by atoms with E-state index in [1.54, 1.807) is 135 Å². The molecular formula is C85H58Cl6N3NaO24. The van der Waals surface area contributed by atoms with E-state index in [0.717, 1.165) is 12.2 Å². The monoisotopic (exact) mass is 1740 g/mol. The van der Waals surface area contributed by atoms with Crippen molar-refractivity contribution in [3.05, 3.63) is 274 Å². The zero-order valence-corrected chi connectivity index (χ0v) is 68.7. The molecule has 9 aliphatic rings. The number of rotatable bonds is 14. The number of amides is 3. The van der Waals surface area contributed by atoms with Gasteiger partial charge >= 0.3 is 41.5 Å². The molecule has 119 heavy (non-hydrogen) atoms. The van der Waals surface area contributed by atoms with E-state index in [4.69, 9.17) is 117 Å². The number of carboxylic acids is 1. The van der Waals surface area contributed by atoms with Gasteiger partial charge in [-0.3, -0.25) is 47.9 Å². The van der Waals surface area contributed by atoms with Crippen LogP contribution in [0.2, 0.25) is 30.1 Å². The zero-order chi connectivity index (χ0) is 83.4. The minimum Gasteiger partial charge on any atom is -0.550 e. The Balaban J connectivity index is 0.000000136. The molecule has 6 aliphatic heterocycles. The van der Waals surface area contributed by atoms with Gasteiger partial charge in [0, 0.05) is 86.8 Å². The first-order chi connectivity index (χ1) is 56.7. The Labute approximate surface area is 726 Å². The number of Topliss-reactive ketones (excluding diaryl/α,β-unsaturated/α-hetero) is 6. The standard InChI is InChI=1S/C29H21Cl2NO8.C27H17Cl2NO8.C16H8Cl2O3.C13H13NO5.Na/c1-2-37-28(36)23-22(27(35)32-15-8-10-20-21(12-15)39-13-38-20)24(14-7-9-18(30)19(31)11-14)40-29(23)25(33)16-5-3-4-6-17(16)26(29)34;28-16-7-5-12(9-17(16)29)22-20(25(33)30-13-6-8-18-19(10-13)37-11-36-18)21(26(34)35)27(38-22)23(31)14-3-1-2-4-15(14)24(27)32;17-11-6-5-8(7-12(11)18)15-16(21-15)13(19)9-3-1-2-4-10(9)14(16)20;1-2-17-13(16)6-5-12(15)14-9-3-4-10-11(7-9)19-8-18-10;/h3-12,22-24H,2,13H2,1H3,(H,32,35);1-10,20-22H,11H2,(H,30,33)(H,34,35);1-7,15H;3-7H,2,8H2,1H3,(H,14,15);/q;;;;+1/p-1/b;;;6-5+;/t22-,23+,24?;20-,21+,22?;;;/m00.../s1. The summed E-state index contributed by atoms with van der Waals surface area (Å²) in [7, 11) is 0. The average molecular weight is 1740 g/mol. The second-order valence-corrected chi connectivity index (χ2v) is 29.7. The summed E-state index contributed by atoms with van der Waals surface area (Å²) in [4.78, 5) is 157. The van der Waals surface area contributed by atoms with E-state index < -0.39 is 118 Å². The van der Waals surface area contributed by atoms with Gasteiger partial charge in [0.2, 0.25) is 89.6 Å². The van der Waals surface area contributed by atoms with Crippen molar-refractivity contribution in [3.8, 4) is 34.5 Å². The van der Waals surface area contributed by atoms with Gasteiger partial charge in [0.25, 0.3) is 0 Å². The molecule has 3 N–H and O–H groups in total. The van der Waals surface area contributed by atoms with Crippen molar-refractivity contribution in [2.24, 2.45) is 23.7 Å². The number of anilines is 3. The van der Waals surface area contributed by atoms with Crippen molar-refractivity contribution in [3.63, 3.8) is 0 Å². The fourth-order valence-electron chi connectivity index (χ4n) is 15.2. The Kier molecular flexibility index (Phi) is 24.4. The molecule has 3 aliphatic carbocycles. The smallest absolute Gasteiger partial charge is 0.550 e. The van der Waals surface area contributed by atoms with Crippen LogP contribution in [0.1, 0.15) is 111 Å². The van der Waals surface area contributed by atoms with Gasteiger partial charge in [-0.2, -0.15) is 0 Å². The first-order valence-electron chi connectivity index (χ1n) is 36.0. The summed E-state index contributed by atoms with van der Waals surface area (Å²) < 4.78 is 59.7. The molecule has 7 atom stereocenters. The number of fused-ring (bicyclic) bond motifs is 6. The summed E-state index contributed by atoms with van der Waals surface area (Å²) in [5.74, 6) is -12.3. The van der Waals surface area contributed by atoms with Crippen molar-refractivity contribution in [1.29, 1.82) is 0 Å². The summed E-state index contributed by atoms with van der Waals surface area (Å²) in [6, 6.07) is 47.2. The predicted molar refractivity (Wildman–Crippen MR) is 419 cm³/mol. The van der Waals surface area contributed by atoms with Crippen LogP contribution in [0.15, 0.2) is 194 Å². The molecular weight excluding hydrogens is 1680 g/mol. The number of carbonyl (C=O) groups is 12. The third-order valence-corrected chi connectivity index (χ3v) is 22.7. The quantitative estimate of drug-likeness (QED) is 0.0299. The van der Waals surface area contributed by atoms with Gasteiger partial charge in [-0.05, 0) is 103 Å². The van der Waals surface area contributed by atoms with Crippen molar-refractivity contribution >= 4 is 157 Å². The molecule has 27 nitrogen and oxygen atoms in total. The topological polar surface area (TPSA) is 369 Å². The van der Waals surface area contributed by atoms with Crippen LogP contribution in [-0.2, 0) is 52.5 Å². The number of esters is 2. The average Bonchev–Trinajstić information content (AvgIpc) is 1.54. The van der Waals surface area contributed by atoms with Crippen molar-refractivity contribution in [2.75, 3.05) is 49.5 Å². The van der Waals surface area contributed by atoms with Crippen molar-refractivity contribution in [1.82, 2.24) is 0 Å². The minimum absolute atomic E-state index is 0. The first kappa shape index (κ1) is 84.4. The van der Waals surface area contributed by atoms with Crippen LogP contribution in [0.25, 0.3) is 0 Å². The van der Waals surface area contributed by atoms with Gasteiger partial charge in [0.1, 0.15) is 12.0 Å². The zero-order valence-electron chi connectivity index (χ0n) is 62.1.